The van der Waals surface area contributed by atoms with Gasteiger partial charge in [-0.15, -0.1) is 11.8 Å². The highest BCUT2D eigenvalue weighted by Gasteiger charge is 2.22. The van der Waals surface area contributed by atoms with E-state index in [1.807, 2.05) is 24.5 Å². The van der Waals surface area contributed by atoms with E-state index in [0.717, 1.165) is 28.3 Å². The summed E-state index contributed by atoms with van der Waals surface area (Å²) in [5.41, 5.74) is 3.48. The maximum atomic E-state index is 12.2. The Morgan fingerprint density at radius 3 is 2.52 bits per heavy atom. The Morgan fingerprint density at radius 2 is 1.82 bits per heavy atom. The summed E-state index contributed by atoms with van der Waals surface area (Å²) in [4.78, 5) is 23.2. The Balaban J connectivity index is 1.58. The Bertz CT molecular complexity index is 1310. The first-order chi connectivity index (χ1) is 15.8. The molecule has 11 heteroatoms. The predicted molar refractivity (Wildman–Crippen MR) is 131 cm³/mol. The molecule has 0 saturated heterocycles. The molecule has 1 aromatic heterocycles. The molecule has 3 aromatic rings. The van der Waals surface area contributed by atoms with Gasteiger partial charge in [-0.25, -0.2) is 23.1 Å². The van der Waals surface area contributed by atoms with E-state index in [0.29, 0.717) is 23.9 Å². The van der Waals surface area contributed by atoms with E-state index < -0.39 is 10.0 Å². The van der Waals surface area contributed by atoms with Crippen LogP contribution in [0.1, 0.15) is 12.5 Å². The van der Waals surface area contributed by atoms with Crippen LogP contribution in [0.3, 0.4) is 0 Å². The Kier molecular flexibility index (Phi) is 6.54. The summed E-state index contributed by atoms with van der Waals surface area (Å²) in [5.74, 6) is 1.09. The number of amides is 1. The highest BCUT2D eigenvalue weighted by molar-refractivity contribution is 7.98. The van der Waals surface area contributed by atoms with Crippen molar-refractivity contribution in [3.63, 3.8) is 0 Å². The second-order valence-electron chi connectivity index (χ2n) is 7.37. The fourth-order valence-electron chi connectivity index (χ4n) is 3.63. The van der Waals surface area contributed by atoms with E-state index in [4.69, 9.17) is 0 Å². The van der Waals surface area contributed by atoms with Crippen molar-refractivity contribution >= 4 is 56.4 Å². The van der Waals surface area contributed by atoms with Gasteiger partial charge in [0, 0.05) is 35.8 Å². The van der Waals surface area contributed by atoms with Gasteiger partial charge in [-0.05, 0) is 55.6 Å². The monoisotopic (exact) mass is 484 g/mol. The molecule has 0 radical (unpaired) electrons. The quantitative estimate of drug-likeness (QED) is 0.436. The number of sulfonamides is 1. The van der Waals surface area contributed by atoms with E-state index in [9.17, 15) is 13.2 Å². The fraction of sp³-hybridized carbons (Fsp3) is 0.227. The summed E-state index contributed by atoms with van der Waals surface area (Å²) in [5, 5.41) is 6.45. The number of carbonyl (C=O) groups excluding carboxylic acids is 1. The number of nitrogens with one attached hydrogen (secondary N) is 3. The van der Waals surface area contributed by atoms with Crippen molar-refractivity contribution in [1.29, 1.82) is 0 Å². The number of rotatable bonds is 7. The molecule has 9 nitrogen and oxygen atoms in total. The molecule has 33 heavy (non-hydrogen) atoms. The number of anilines is 5. The second-order valence-corrected chi connectivity index (χ2v) is 10.1. The number of hydrogen-bond acceptors (Lipinski definition) is 8. The molecule has 1 amide bonds. The number of hydrogen-bond donors (Lipinski definition) is 3. The molecular weight excluding hydrogens is 460 g/mol. The van der Waals surface area contributed by atoms with Gasteiger partial charge in [0.05, 0.1) is 10.6 Å². The standard InChI is InChI=1S/C22H24N6O3S2/c1-14(29)28-9-8-15-4-5-16(10-19(15)28)26-21-12-22(25-13-24-21)27-18-11-17(33(30,31)23-2)6-7-20(18)32-3/h4-7,10-13,23H,8-9H2,1-3H3,(H2,24,25,26,27). The first-order valence-electron chi connectivity index (χ1n) is 10.2. The lowest BCUT2D eigenvalue weighted by atomic mass is 10.1. The minimum absolute atomic E-state index is 0.0199. The zero-order chi connectivity index (χ0) is 23.6. The van der Waals surface area contributed by atoms with Crippen molar-refractivity contribution in [2.24, 2.45) is 0 Å². The third-order valence-corrected chi connectivity index (χ3v) is 7.52. The van der Waals surface area contributed by atoms with E-state index in [1.165, 1.54) is 25.1 Å². The summed E-state index contributed by atoms with van der Waals surface area (Å²) >= 11 is 1.49. The van der Waals surface area contributed by atoms with Crippen molar-refractivity contribution in [2.45, 2.75) is 23.1 Å². The Labute approximate surface area is 197 Å². The van der Waals surface area contributed by atoms with Crippen molar-refractivity contribution in [2.75, 3.05) is 35.4 Å². The van der Waals surface area contributed by atoms with Crippen molar-refractivity contribution in [3.8, 4) is 0 Å². The van der Waals surface area contributed by atoms with Gasteiger partial charge in [0.2, 0.25) is 15.9 Å². The molecule has 0 unspecified atom stereocenters. The van der Waals surface area contributed by atoms with Gasteiger partial charge in [-0.1, -0.05) is 6.07 Å². The SMILES string of the molecule is CNS(=O)(=O)c1ccc(SC)c(Nc2cc(Nc3ccc4c(c3)N(C(C)=O)CC4)ncn2)c1. The van der Waals surface area contributed by atoms with Crippen LogP contribution < -0.4 is 20.3 Å². The van der Waals surface area contributed by atoms with Crippen LogP contribution in [0.15, 0.2) is 58.6 Å². The maximum absolute atomic E-state index is 12.2. The maximum Gasteiger partial charge on any atom is 0.240 e. The van der Waals surface area contributed by atoms with Gasteiger partial charge in [-0.3, -0.25) is 4.79 Å². The number of fused-ring (bicyclic) bond motifs is 1. The molecular formula is C22H24N6O3S2. The van der Waals surface area contributed by atoms with Crippen LogP contribution >= 0.6 is 11.8 Å². The zero-order valence-electron chi connectivity index (χ0n) is 18.4. The fourth-order valence-corrected chi connectivity index (χ4v) is 4.92. The van der Waals surface area contributed by atoms with E-state index >= 15 is 0 Å². The van der Waals surface area contributed by atoms with Crippen molar-refractivity contribution in [1.82, 2.24) is 14.7 Å². The van der Waals surface area contributed by atoms with Crippen LogP contribution in [0.2, 0.25) is 0 Å². The van der Waals surface area contributed by atoms with E-state index in [-0.39, 0.29) is 10.8 Å². The molecule has 0 saturated carbocycles. The number of thioether (sulfide) groups is 1. The van der Waals surface area contributed by atoms with E-state index in [2.05, 4.69) is 25.3 Å². The van der Waals surface area contributed by atoms with Crippen molar-refractivity contribution < 1.29 is 13.2 Å². The molecule has 2 heterocycles. The third-order valence-electron chi connectivity index (χ3n) is 5.31. The highest BCUT2D eigenvalue weighted by atomic mass is 32.2. The molecule has 1 aliphatic rings. The van der Waals surface area contributed by atoms with Gasteiger partial charge in [-0.2, -0.15) is 0 Å². The summed E-state index contributed by atoms with van der Waals surface area (Å²) in [7, 11) is -2.20. The van der Waals surface area contributed by atoms with Crippen LogP contribution in [-0.4, -0.2) is 44.1 Å². The van der Waals surface area contributed by atoms with Gasteiger partial charge in [0.15, 0.2) is 0 Å². The molecule has 0 spiro atoms. The minimum atomic E-state index is -3.57. The molecule has 172 valence electrons. The molecule has 2 aromatic carbocycles. The van der Waals surface area contributed by atoms with E-state index in [1.54, 1.807) is 36.1 Å². The number of aromatic nitrogens is 2. The molecule has 0 fully saturated rings. The van der Waals surface area contributed by atoms with Crippen LogP contribution in [-0.2, 0) is 21.2 Å². The normalized spacial score (nSPS) is 13.0. The summed E-state index contributed by atoms with van der Waals surface area (Å²) < 4.78 is 26.7. The van der Waals surface area contributed by atoms with Crippen molar-refractivity contribution in [3.05, 3.63) is 54.4 Å². The number of benzene rings is 2. The third kappa shape index (κ3) is 4.95. The van der Waals surface area contributed by atoms with Gasteiger partial charge < -0.3 is 15.5 Å². The van der Waals surface area contributed by atoms with Gasteiger partial charge >= 0.3 is 0 Å². The summed E-state index contributed by atoms with van der Waals surface area (Å²) in [6, 6.07) is 12.5. The minimum Gasteiger partial charge on any atom is -0.340 e. The predicted octanol–water partition coefficient (Wildman–Crippen LogP) is 3.50. The first-order valence-corrected chi connectivity index (χ1v) is 12.9. The lowest BCUT2D eigenvalue weighted by molar-refractivity contribution is -0.116. The lowest BCUT2D eigenvalue weighted by Crippen LogP contribution is -2.25. The molecule has 0 atom stereocenters. The van der Waals surface area contributed by atoms with Gasteiger partial charge in [0.25, 0.3) is 0 Å². The Hall–Kier alpha value is -3.15. The molecule has 1 aliphatic heterocycles. The van der Waals surface area contributed by atoms with Crippen LogP contribution in [0, 0.1) is 0 Å². The average Bonchev–Trinajstić information content (AvgIpc) is 3.23. The van der Waals surface area contributed by atoms with Crippen LogP contribution in [0.4, 0.5) is 28.7 Å². The largest absolute Gasteiger partial charge is 0.340 e. The molecule has 4 rings (SSSR count). The zero-order valence-corrected chi connectivity index (χ0v) is 20.0. The molecule has 3 N–H and O–H groups in total. The number of nitrogens with zero attached hydrogens (tertiary/aromatic N) is 3. The smallest absolute Gasteiger partial charge is 0.240 e. The lowest BCUT2D eigenvalue weighted by Gasteiger charge is -2.16. The van der Waals surface area contributed by atoms with Gasteiger partial charge in [0.1, 0.15) is 18.0 Å². The molecule has 0 bridgehead atoms. The molecule has 0 aliphatic carbocycles. The highest BCUT2D eigenvalue weighted by Crippen LogP contribution is 2.33. The topological polar surface area (TPSA) is 116 Å². The average molecular weight is 485 g/mol. The summed E-state index contributed by atoms with van der Waals surface area (Å²) in [6.07, 6.45) is 4.18. The first kappa shape index (κ1) is 23.0. The second kappa shape index (κ2) is 9.38. The summed E-state index contributed by atoms with van der Waals surface area (Å²) in [6.45, 7) is 2.26. The van der Waals surface area contributed by atoms with Crippen LogP contribution in [0.5, 0.6) is 0 Å². The van der Waals surface area contributed by atoms with Crippen LogP contribution in [0.25, 0.3) is 0 Å². The Morgan fingerprint density at radius 1 is 1.06 bits per heavy atom. The number of carbonyl (C=O) groups is 1.